The zero-order chi connectivity index (χ0) is 12.1. The van der Waals surface area contributed by atoms with Crippen LogP contribution in [0, 0.1) is 0 Å². The summed E-state index contributed by atoms with van der Waals surface area (Å²) in [5.41, 5.74) is 0. The van der Waals surface area contributed by atoms with Gasteiger partial charge in [-0.2, -0.15) is 13.2 Å². The van der Waals surface area contributed by atoms with Gasteiger partial charge in [-0.1, -0.05) is 0 Å². The van der Waals surface area contributed by atoms with E-state index >= 15 is 0 Å². The van der Waals surface area contributed by atoms with Gasteiger partial charge in [-0.15, -0.1) is 0 Å². The fraction of sp³-hybridized carbons (Fsp3) is 0.500. The first-order valence-corrected chi connectivity index (χ1v) is 3.76. The number of rotatable bonds is 4. The summed E-state index contributed by atoms with van der Waals surface area (Å²) in [7, 11) is 1.07. The molecule has 0 aromatic heterocycles. The molecule has 0 spiro atoms. The van der Waals surface area contributed by atoms with Crippen molar-refractivity contribution in [3.63, 3.8) is 0 Å². The lowest BCUT2D eigenvalue weighted by molar-refractivity contribution is -0.165. The van der Waals surface area contributed by atoms with Gasteiger partial charge >= 0.3 is 12.1 Å². The third kappa shape index (κ3) is 5.71. The zero-order valence-electron chi connectivity index (χ0n) is 8.05. The largest absolute Gasteiger partial charge is 0.497 e. The average Bonchev–Trinajstić information content (AvgIpc) is 2.09. The van der Waals surface area contributed by atoms with Gasteiger partial charge in [0.15, 0.2) is 0 Å². The quantitative estimate of drug-likeness (QED) is 0.410. The van der Waals surface area contributed by atoms with Crippen molar-refractivity contribution in [3.8, 4) is 0 Å². The minimum Gasteiger partial charge on any atom is -0.497 e. The fourth-order valence-corrected chi connectivity index (χ4v) is 0.560. The van der Waals surface area contributed by atoms with Gasteiger partial charge in [-0.3, -0.25) is 9.59 Å². The Morgan fingerprint density at radius 1 is 1.33 bits per heavy atom. The number of alkyl halides is 3. The van der Waals surface area contributed by atoms with Crippen LogP contribution in [0.2, 0.25) is 0 Å². The second kappa shape index (κ2) is 5.38. The maximum Gasteiger partial charge on any atom is 0.454 e. The molecule has 0 aromatic carbocycles. The zero-order valence-corrected chi connectivity index (χ0v) is 8.05. The molecule has 0 aliphatic carbocycles. The average molecular weight is 226 g/mol. The summed E-state index contributed by atoms with van der Waals surface area (Å²) in [5.74, 6) is -3.11. The smallest absolute Gasteiger partial charge is 0.454 e. The van der Waals surface area contributed by atoms with Crippen LogP contribution in [-0.2, 0) is 19.1 Å². The van der Waals surface area contributed by atoms with Crippen molar-refractivity contribution >= 4 is 11.8 Å². The summed E-state index contributed by atoms with van der Waals surface area (Å²) >= 11 is 0. The normalized spacial score (nSPS) is 12.2. The molecule has 0 bridgehead atoms. The standard InChI is InChI=1S/C8H9F3O4/c1-5(12)15-4-6(14-2)3-7(13)8(9,10)11/h3H,4H2,1-2H3. The van der Waals surface area contributed by atoms with Crippen molar-refractivity contribution in [2.24, 2.45) is 0 Å². The molecule has 0 radical (unpaired) electrons. The number of carbonyl (C=O) groups excluding carboxylic acids is 2. The van der Waals surface area contributed by atoms with E-state index in [0.717, 1.165) is 14.0 Å². The van der Waals surface area contributed by atoms with E-state index in [-0.39, 0.29) is 11.8 Å². The summed E-state index contributed by atoms with van der Waals surface area (Å²) in [5, 5.41) is 0. The Hall–Kier alpha value is -1.53. The van der Waals surface area contributed by atoms with Crippen molar-refractivity contribution in [2.45, 2.75) is 13.1 Å². The molecule has 0 N–H and O–H groups in total. The number of allylic oxidation sites excluding steroid dienone is 1. The van der Waals surface area contributed by atoms with Crippen LogP contribution >= 0.6 is 0 Å². The highest BCUT2D eigenvalue weighted by Gasteiger charge is 2.37. The maximum atomic E-state index is 11.8. The summed E-state index contributed by atoms with van der Waals surface area (Å²) in [4.78, 5) is 20.8. The number of esters is 1. The number of carbonyl (C=O) groups is 2. The molecule has 0 saturated carbocycles. The van der Waals surface area contributed by atoms with E-state index in [4.69, 9.17) is 0 Å². The third-order valence-electron chi connectivity index (χ3n) is 1.25. The van der Waals surface area contributed by atoms with E-state index in [2.05, 4.69) is 9.47 Å². The van der Waals surface area contributed by atoms with E-state index < -0.39 is 24.5 Å². The molecule has 0 unspecified atom stereocenters. The Morgan fingerprint density at radius 3 is 2.20 bits per heavy atom. The lowest BCUT2D eigenvalue weighted by atomic mass is 10.3. The predicted octanol–water partition coefficient (Wildman–Crippen LogP) is 1.21. The van der Waals surface area contributed by atoms with Crippen LogP contribution in [0.4, 0.5) is 13.2 Å². The first kappa shape index (κ1) is 13.5. The Bertz CT molecular complexity index is 280. The molecule has 0 aliphatic heterocycles. The topological polar surface area (TPSA) is 52.6 Å². The van der Waals surface area contributed by atoms with E-state index in [1.807, 2.05) is 0 Å². The van der Waals surface area contributed by atoms with Gasteiger partial charge in [-0.25, -0.2) is 0 Å². The summed E-state index contributed by atoms with van der Waals surface area (Å²) < 4.78 is 44.1. The van der Waals surface area contributed by atoms with Gasteiger partial charge in [-0.05, 0) is 0 Å². The first-order valence-electron chi connectivity index (χ1n) is 3.76. The first-order chi connectivity index (χ1) is 6.77. The van der Waals surface area contributed by atoms with E-state index in [9.17, 15) is 22.8 Å². The predicted molar refractivity (Wildman–Crippen MR) is 42.8 cm³/mol. The molecule has 0 atom stereocenters. The molecule has 0 rings (SSSR count). The Labute approximate surface area is 83.7 Å². The molecular weight excluding hydrogens is 217 g/mol. The molecule has 86 valence electrons. The SMILES string of the molecule is COC(=CC(=O)C(F)(F)F)COC(C)=O. The molecule has 0 heterocycles. The number of hydrogen-bond donors (Lipinski definition) is 0. The number of ether oxygens (including phenoxy) is 2. The van der Waals surface area contributed by atoms with Gasteiger partial charge in [0.1, 0.15) is 12.4 Å². The molecule has 0 aromatic rings. The highest BCUT2D eigenvalue weighted by Crippen LogP contribution is 2.17. The Balaban J connectivity index is 4.46. The molecule has 7 heteroatoms. The van der Waals surface area contributed by atoms with Gasteiger partial charge in [0.05, 0.1) is 7.11 Å². The van der Waals surface area contributed by atoms with Gasteiger partial charge in [0.2, 0.25) is 0 Å². The lowest BCUT2D eigenvalue weighted by Gasteiger charge is -2.06. The number of methoxy groups -OCH3 is 1. The van der Waals surface area contributed by atoms with Crippen LogP contribution in [-0.4, -0.2) is 31.6 Å². The number of halogens is 3. The van der Waals surface area contributed by atoms with Crippen LogP contribution in [0.3, 0.4) is 0 Å². The minimum absolute atomic E-state index is 0.239. The molecule has 0 aliphatic rings. The second-order valence-corrected chi connectivity index (χ2v) is 2.46. The van der Waals surface area contributed by atoms with Gasteiger partial charge in [0.25, 0.3) is 5.78 Å². The van der Waals surface area contributed by atoms with Crippen LogP contribution in [0.1, 0.15) is 6.92 Å². The molecule has 0 saturated heterocycles. The van der Waals surface area contributed by atoms with Crippen molar-refractivity contribution < 1.29 is 32.2 Å². The van der Waals surface area contributed by atoms with Gasteiger partial charge < -0.3 is 9.47 Å². The second-order valence-electron chi connectivity index (χ2n) is 2.46. The number of hydrogen-bond acceptors (Lipinski definition) is 4. The summed E-state index contributed by atoms with van der Waals surface area (Å²) in [6.07, 6.45) is -4.72. The molecule has 15 heavy (non-hydrogen) atoms. The van der Waals surface area contributed by atoms with Crippen molar-refractivity contribution in [3.05, 3.63) is 11.8 Å². The van der Waals surface area contributed by atoms with Crippen molar-refractivity contribution in [1.29, 1.82) is 0 Å². The van der Waals surface area contributed by atoms with Crippen LogP contribution in [0.25, 0.3) is 0 Å². The van der Waals surface area contributed by atoms with E-state index in [1.54, 1.807) is 0 Å². The molecular formula is C8H9F3O4. The van der Waals surface area contributed by atoms with Crippen LogP contribution in [0.5, 0.6) is 0 Å². The molecule has 0 fully saturated rings. The number of ketones is 1. The van der Waals surface area contributed by atoms with Crippen molar-refractivity contribution in [1.82, 2.24) is 0 Å². The molecule has 0 amide bonds. The van der Waals surface area contributed by atoms with E-state index in [1.165, 1.54) is 0 Å². The third-order valence-corrected chi connectivity index (χ3v) is 1.25. The highest BCUT2D eigenvalue weighted by atomic mass is 19.4. The Morgan fingerprint density at radius 2 is 1.87 bits per heavy atom. The molecule has 4 nitrogen and oxygen atoms in total. The monoisotopic (exact) mass is 226 g/mol. The highest BCUT2D eigenvalue weighted by molar-refractivity contribution is 5.94. The fourth-order valence-electron chi connectivity index (χ4n) is 0.560. The van der Waals surface area contributed by atoms with Gasteiger partial charge in [0, 0.05) is 13.0 Å². The van der Waals surface area contributed by atoms with E-state index in [0.29, 0.717) is 0 Å². The summed E-state index contributed by atoms with van der Waals surface area (Å²) in [6, 6.07) is 0. The van der Waals surface area contributed by atoms with Crippen molar-refractivity contribution in [2.75, 3.05) is 13.7 Å². The lowest BCUT2D eigenvalue weighted by Crippen LogP contribution is -2.21. The van der Waals surface area contributed by atoms with Crippen LogP contribution in [0.15, 0.2) is 11.8 Å². The van der Waals surface area contributed by atoms with Crippen LogP contribution < -0.4 is 0 Å². The minimum atomic E-state index is -4.96. The maximum absolute atomic E-state index is 11.8. The summed E-state index contributed by atoms with van der Waals surface area (Å²) in [6.45, 7) is 0.576. The Kier molecular flexibility index (Phi) is 4.83.